The monoisotopic (exact) mass is 572 g/mol. The molecule has 0 aliphatic rings. The third-order valence-corrected chi connectivity index (χ3v) is 6.89. The zero-order valence-electron chi connectivity index (χ0n) is 47.4. The zero-order valence-corrected chi connectivity index (χ0v) is 21.4. The van der Waals surface area contributed by atoms with Gasteiger partial charge in [-0.2, -0.15) is 0 Å². The number of hydrogen-bond donors (Lipinski definition) is 0. The highest BCUT2D eigenvalue weighted by Gasteiger charge is 2.18. The van der Waals surface area contributed by atoms with Crippen molar-refractivity contribution >= 4 is 54.3 Å². The lowest BCUT2D eigenvalue weighted by Crippen LogP contribution is -1.91. The second-order valence-corrected chi connectivity index (χ2v) is 9.26. The molecule has 9 aromatic rings. The van der Waals surface area contributed by atoms with Crippen LogP contribution in [0.2, 0.25) is 0 Å². The Morgan fingerprint density at radius 2 is 0.884 bits per heavy atom. The van der Waals surface area contributed by atoms with E-state index in [1.807, 2.05) is 0 Å². The van der Waals surface area contributed by atoms with Crippen LogP contribution in [-0.2, 0) is 0 Å². The maximum Gasteiger partial charge on any atom is 0.136 e. The van der Waals surface area contributed by atoms with Gasteiger partial charge in [-0.05, 0) is 95.9 Å². The van der Waals surface area contributed by atoms with Gasteiger partial charge in [0.1, 0.15) is 11.2 Å². The van der Waals surface area contributed by atoms with Gasteiger partial charge in [-0.3, -0.25) is 0 Å². The molecular weight excluding hydrogens is 520 g/mol. The van der Waals surface area contributed by atoms with E-state index in [2.05, 4.69) is 0 Å². The molecule has 0 aliphatic carbocycles. The van der Waals surface area contributed by atoms with E-state index in [-0.39, 0.29) is 0 Å². The van der Waals surface area contributed by atoms with Crippen molar-refractivity contribution in [2.45, 2.75) is 0 Å². The standard InChI is InChI=1S/C42H26O/c1-2-10-27(11-3-1)30-20-22-33-38-25-32(21-23-39(38)43-40(33)26-30)42-36-16-8-6-14-34(36)41(35-15-7-9-17-37(35)42)31-19-18-28-12-4-5-13-29(28)24-31/h1-26H/i1D,2D,3D,4D,5D,6D,7D,8D,9D,10D,11D,12D,13D,14D,15D,16D,17D,18D,19D,20D,21D,22D,23D,24D,25D,26D. The molecule has 1 nitrogen and oxygen atoms in total. The third kappa shape index (κ3) is 3.79. The summed E-state index contributed by atoms with van der Waals surface area (Å²) in [7, 11) is 0. The third-order valence-electron chi connectivity index (χ3n) is 6.89. The van der Waals surface area contributed by atoms with Gasteiger partial charge in [0, 0.05) is 10.8 Å². The Balaban J connectivity index is 1.56. The summed E-state index contributed by atoms with van der Waals surface area (Å²) in [5.74, 6) is 0. The van der Waals surface area contributed by atoms with Crippen molar-refractivity contribution in [3.05, 3.63) is 157 Å². The highest BCUT2D eigenvalue weighted by atomic mass is 16.3. The van der Waals surface area contributed by atoms with Gasteiger partial charge < -0.3 is 4.42 Å². The number of benzene rings is 8. The van der Waals surface area contributed by atoms with Gasteiger partial charge in [0.25, 0.3) is 0 Å². The molecule has 0 radical (unpaired) electrons. The number of rotatable bonds is 3. The predicted octanol–water partition coefficient (Wildman–Crippen LogP) is 12.0. The normalized spacial score (nSPS) is 20.2. The van der Waals surface area contributed by atoms with Crippen LogP contribution in [0.4, 0.5) is 0 Å². The molecule has 43 heavy (non-hydrogen) atoms. The van der Waals surface area contributed by atoms with Crippen molar-refractivity contribution in [3.63, 3.8) is 0 Å². The van der Waals surface area contributed by atoms with Crippen LogP contribution in [0, 0.1) is 0 Å². The Bertz CT molecular complexity index is 3860. The fraction of sp³-hybridized carbons (Fsp3) is 0. The summed E-state index contributed by atoms with van der Waals surface area (Å²) in [6, 6.07) is -23.0. The Labute approximate surface area is 285 Å². The summed E-state index contributed by atoms with van der Waals surface area (Å²) in [5.41, 5.74) is -5.42. The van der Waals surface area contributed by atoms with Crippen molar-refractivity contribution in [1.29, 1.82) is 0 Å². The van der Waals surface area contributed by atoms with E-state index in [1.54, 1.807) is 0 Å². The molecule has 0 atom stereocenters. The second-order valence-electron chi connectivity index (χ2n) is 9.26. The number of furan rings is 1. The molecule has 0 amide bonds. The summed E-state index contributed by atoms with van der Waals surface area (Å²) in [5, 5.41) is -5.00. The molecule has 200 valence electrons. The smallest absolute Gasteiger partial charge is 0.136 e. The van der Waals surface area contributed by atoms with Crippen LogP contribution in [0.25, 0.3) is 87.6 Å². The average Bonchev–Trinajstić information content (AvgIpc) is 3.73. The van der Waals surface area contributed by atoms with Crippen molar-refractivity contribution in [3.8, 4) is 33.4 Å². The Hall–Kier alpha value is -5.66. The maximum absolute atomic E-state index is 9.75. The second kappa shape index (κ2) is 9.44. The zero-order chi connectivity index (χ0) is 51.0. The van der Waals surface area contributed by atoms with Gasteiger partial charge in [0.05, 0.1) is 35.6 Å². The van der Waals surface area contributed by atoms with Crippen molar-refractivity contribution in [2.75, 3.05) is 0 Å². The Kier molecular flexibility index (Phi) is 2.13. The van der Waals surface area contributed by atoms with Crippen LogP contribution in [-0.4, -0.2) is 0 Å². The Morgan fingerprint density at radius 1 is 0.326 bits per heavy atom. The first kappa shape index (κ1) is 9.69. The van der Waals surface area contributed by atoms with Gasteiger partial charge in [0.15, 0.2) is 0 Å². The number of hydrogen-bond acceptors (Lipinski definition) is 1. The molecule has 0 bridgehead atoms. The minimum Gasteiger partial charge on any atom is -0.456 e. The van der Waals surface area contributed by atoms with Crippen LogP contribution in [0.5, 0.6) is 0 Å². The molecule has 0 N–H and O–H groups in total. The first-order valence-electron chi connectivity index (χ1n) is 25.7. The maximum atomic E-state index is 9.75. The topological polar surface area (TPSA) is 13.1 Å². The molecule has 0 unspecified atom stereocenters. The van der Waals surface area contributed by atoms with Crippen LogP contribution in [0.1, 0.15) is 35.6 Å². The summed E-state index contributed by atoms with van der Waals surface area (Å²) in [6.45, 7) is 0. The summed E-state index contributed by atoms with van der Waals surface area (Å²) in [4.78, 5) is 0. The molecule has 1 heterocycles. The lowest BCUT2D eigenvalue weighted by atomic mass is 9.85. The molecule has 1 aromatic heterocycles. The van der Waals surface area contributed by atoms with Crippen molar-refractivity contribution < 1.29 is 40.1 Å². The fourth-order valence-corrected chi connectivity index (χ4v) is 5.05. The van der Waals surface area contributed by atoms with E-state index < -0.39 is 245 Å². The molecule has 0 fully saturated rings. The SMILES string of the molecule is [2H]c1c([2H])c([2H])c(-c2c([2H])c([2H])c3c(oc4c([2H])c([2H])c(-c5c6c([2H])c([2H])c([2H])c([2H])c6c(-c6c([2H])c([2H])c7c([2H])c([2H])c([2H])c([2H])c7c6[2H])c6c([2H])c([2H])c([2H])c([2H])c56)c([2H])c43)c2[2H])c([2H])c1[2H]. The van der Waals surface area contributed by atoms with E-state index in [1.165, 1.54) is 0 Å². The lowest BCUT2D eigenvalue weighted by molar-refractivity contribution is 0.669. The van der Waals surface area contributed by atoms with Gasteiger partial charge in [-0.15, -0.1) is 0 Å². The highest BCUT2D eigenvalue weighted by molar-refractivity contribution is 6.22. The van der Waals surface area contributed by atoms with Crippen LogP contribution in [0.15, 0.2) is 162 Å². The quantitative estimate of drug-likeness (QED) is 0.192. The van der Waals surface area contributed by atoms with E-state index in [0.717, 1.165) is 0 Å². The minimum absolute atomic E-state index is 0.522. The van der Waals surface area contributed by atoms with Gasteiger partial charge in [-0.25, -0.2) is 0 Å². The molecule has 8 aromatic carbocycles. The van der Waals surface area contributed by atoms with Crippen molar-refractivity contribution in [1.82, 2.24) is 0 Å². The van der Waals surface area contributed by atoms with Gasteiger partial charge in [0.2, 0.25) is 0 Å². The first-order chi connectivity index (χ1) is 32.2. The predicted molar refractivity (Wildman–Crippen MR) is 183 cm³/mol. The largest absolute Gasteiger partial charge is 0.456 e. The summed E-state index contributed by atoms with van der Waals surface area (Å²) in [6.07, 6.45) is 0. The molecular formula is C42H26O. The van der Waals surface area contributed by atoms with E-state index in [9.17, 15) is 12.3 Å². The summed E-state index contributed by atoms with van der Waals surface area (Å²) < 4.78 is 237. The number of fused-ring (bicyclic) bond motifs is 6. The summed E-state index contributed by atoms with van der Waals surface area (Å²) >= 11 is 0. The highest BCUT2D eigenvalue weighted by Crippen LogP contribution is 2.45. The molecule has 0 aliphatic heterocycles. The van der Waals surface area contributed by atoms with Crippen molar-refractivity contribution in [2.24, 2.45) is 0 Å². The van der Waals surface area contributed by atoms with Crippen LogP contribution >= 0.6 is 0 Å². The first-order valence-corrected chi connectivity index (χ1v) is 12.7. The lowest BCUT2D eigenvalue weighted by Gasteiger charge is -2.18. The van der Waals surface area contributed by atoms with Gasteiger partial charge in [-0.1, -0.05) is 127 Å². The minimum atomic E-state index is -0.964. The fourth-order valence-electron chi connectivity index (χ4n) is 5.05. The molecule has 9 rings (SSSR count). The van der Waals surface area contributed by atoms with E-state index in [0.29, 0.717) is 0 Å². The Morgan fingerprint density at radius 3 is 1.58 bits per heavy atom. The average molecular weight is 573 g/mol. The van der Waals surface area contributed by atoms with E-state index in [4.69, 9.17) is 27.7 Å². The van der Waals surface area contributed by atoms with Gasteiger partial charge >= 0.3 is 0 Å². The van der Waals surface area contributed by atoms with Crippen LogP contribution < -0.4 is 0 Å². The molecule has 0 spiro atoms. The van der Waals surface area contributed by atoms with E-state index >= 15 is 0 Å². The molecule has 0 saturated carbocycles. The van der Waals surface area contributed by atoms with Crippen LogP contribution in [0.3, 0.4) is 0 Å². The molecule has 1 heteroatoms. The molecule has 0 saturated heterocycles.